The van der Waals surface area contributed by atoms with Gasteiger partial charge in [0.1, 0.15) is 5.69 Å². The number of nitrogens with one attached hydrogen (secondary N) is 1. The zero-order valence-corrected chi connectivity index (χ0v) is 16.1. The number of amides is 1. The van der Waals surface area contributed by atoms with Crippen molar-refractivity contribution in [3.05, 3.63) is 86.4 Å². The number of carbonyl (C=O) groups is 1. The average Bonchev–Trinajstić information content (AvgIpc) is 3.48. The van der Waals surface area contributed by atoms with E-state index in [2.05, 4.69) is 33.1 Å². The van der Waals surface area contributed by atoms with Gasteiger partial charge in [-0.3, -0.25) is 9.89 Å². The molecule has 0 aliphatic carbocycles. The molecule has 0 bridgehead atoms. The number of aromatic amines is 1. The van der Waals surface area contributed by atoms with Crippen LogP contribution in [0.2, 0.25) is 0 Å². The van der Waals surface area contributed by atoms with Gasteiger partial charge in [-0.2, -0.15) is 5.10 Å². The van der Waals surface area contributed by atoms with E-state index in [1.54, 1.807) is 22.7 Å². The van der Waals surface area contributed by atoms with Gasteiger partial charge in [0.05, 0.1) is 11.7 Å². The van der Waals surface area contributed by atoms with Crippen molar-refractivity contribution in [1.82, 2.24) is 15.1 Å². The van der Waals surface area contributed by atoms with Gasteiger partial charge in [-0.1, -0.05) is 36.4 Å². The summed E-state index contributed by atoms with van der Waals surface area (Å²) in [5, 5.41) is 11.5. The number of fused-ring (bicyclic) bond motifs is 1. The minimum absolute atomic E-state index is 0.0000638. The van der Waals surface area contributed by atoms with Gasteiger partial charge in [-0.15, -0.1) is 22.7 Å². The molecule has 1 aromatic carbocycles. The van der Waals surface area contributed by atoms with Gasteiger partial charge in [0.25, 0.3) is 5.91 Å². The first kappa shape index (κ1) is 16.5. The summed E-state index contributed by atoms with van der Waals surface area (Å²) in [6.07, 6.45) is 0.903. The number of H-pyrrole nitrogens is 1. The van der Waals surface area contributed by atoms with E-state index in [9.17, 15) is 4.79 Å². The largest absolute Gasteiger partial charge is 0.325 e. The molecule has 1 aliphatic heterocycles. The lowest BCUT2D eigenvalue weighted by Crippen LogP contribution is -2.39. The minimum atomic E-state index is -0.0176. The maximum atomic E-state index is 13.3. The molecule has 1 N–H and O–H groups in total. The molecule has 4 nitrogen and oxygen atoms in total. The van der Waals surface area contributed by atoms with Gasteiger partial charge in [0, 0.05) is 21.9 Å². The van der Waals surface area contributed by atoms with Gasteiger partial charge in [0.2, 0.25) is 0 Å². The van der Waals surface area contributed by atoms with E-state index < -0.39 is 0 Å². The summed E-state index contributed by atoms with van der Waals surface area (Å²) in [7, 11) is 0. The predicted molar refractivity (Wildman–Crippen MR) is 109 cm³/mol. The van der Waals surface area contributed by atoms with Crippen LogP contribution in [0.3, 0.4) is 0 Å². The second kappa shape index (κ2) is 6.79. The van der Waals surface area contributed by atoms with Crippen LogP contribution in [0.1, 0.15) is 31.8 Å². The van der Waals surface area contributed by atoms with Crippen LogP contribution in [0, 0.1) is 0 Å². The Bertz CT molecular complexity index is 1070. The molecule has 134 valence electrons. The van der Waals surface area contributed by atoms with E-state index in [1.807, 2.05) is 47.4 Å². The number of aromatic nitrogens is 2. The fraction of sp³-hybridized carbons (Fsp3) is 0.143. The van der Waals surface area contributed by atoms with Crippen LogP contribution in [0.15, 0.2) is 65.4 Å². The van der Waals surface area contributed by atoms with Crippen LogP contribution in [0.5, 0.6) is 0 Å². The van der Waals surface area contributed by atoms with E-state index in [4.69, 9.17) is 0 Å². The lowest BCUT2D eigenvalue weighted by atomic mass is 9.98. The van der Waals surface area contributed by atoms with E-state index >= 15 is 0 Å². The molecule has 0 saturated heterocycles. The SMILES string of the molecule is O=C(c1cc(-c2ccccc2)n[nH]1)N1CCc2sccc2[C@@H]1c1cccs1. The topological polar surface area (TPSA) is 49.0 Å². The molecule has 0 radical (unpaired) electrons. The Kier molecular flexibility index (Phi) is 4.14. The number of hydrogen-bond donors (Lipinski definition) is 1. The number of thiophene rings is 2. The highest BCUT2D eigenvalue weighted by atomic mass is 32.1. The number of rotatable bonds is 3. The molecule has 0 fully saturated rings. The van der Waals surface area contributed by atoms with Crippen molar-refractivity contribution in [3.63, 3.8) is 0 Å². The molecule has 4 heterocycles. The third-order valence-corrected chi connectivity index (χ3v) is 6.84. The number of benzene rings is 1. The van der Waals surface area contributed by atoms with Crippen molar-refractivity contribution in [1.29, 1.82) is 0 Å². The van der Waals surface area contributed by atoms with Gasteiger partial charge in [-0.05, 0) is 40.9 Å². The molecular weight excluding hydrogens is 374 g/mol. The first-order valence-corrected chi connectivity index (χ1v) is 10.6. The molecule has 27 heavy (non-hydrogen) atoms. The van der Waals surface area contributed by atoms with Crippen LogP contribution < -0.4 is 0 Å². The number of hydrogen-bond acceptors (Lipinski definition) is 4. The minimum Gasteiger partial charge on any atom is -0.325 e. The summed E-state index contributed by atoms with van der Waals surface area (Å²) in [4.78, 5) is 17.9. The first-order valence-electron chi connectivity index (χ1n) is 8.83. The van der Waals surface area contributed by atoms with Crippen molar-refractivity contribution >= 4 is 28.6 Å². The van der Waals surface area contributed by atoms with Crippen molar-refractivity contribution in [3.8, 4) is 11.3 Å². The summed E-state index contributed by atoms with van der Waals surface area (Å²) in [5.74, 6) is -0.0000638. The second-order valence-electron chi connectivity index (χ2n) is 6.50. The molecule has 0 unspecified atom stereocenters. The monoisotopic (exact) mass is 391 g/mol. The van der Waals surface area contributed by atoms with Crippen LogP contribution in [0.25, 0.3) is 11.3 Å². The van der Waals surface area contributed by atoms with Crippen molar-refractivity contribution in [2.75, 3.05) is 6.54 Å². The molecule has 1 amide bonds. The highest BCUT2D eigenvalue weighted by Gasteiger charge is 2.34. The molecule has 5 rings (SSSR count). The molecule has 3 aromatic heterocycles. The van der Waals surface area contributed by atoms with Gasteiger partial charge < -0.3 is 4.90 Å². The average molecular weight is 392 g/mol. The van der Waals surface area contributed by atoms with Crippen LogP contribution >= 0.6 is 22.7 Å². The fourth-order valence-corrected chi connectivity index (χ4v) is 5.39. The zero-order chi connectivity index (χ0) is 18.2. The Hall–Kier alpha value is -2.70. The maximum Gasteiger partial charge on any atom is 0.272 e. The van der Waals surface area contributed by atoms with Crippen LogP contribution in [0.4, 0.5) is 0 Å². The molecular formula is C21H17N3OS2. The molecule has 1 atom stereocenters. The van der Waals surface area contributed by atoms with Crippen molar-refractivity contribution in [2.24, 2.45) is 0 Å². The van der Waals surface area contributed by atoms with E-state index in [1.165, 1.54) is 15.3 Å². The van der Waals surface area contributed by atoms with Crippen LogP contribution in [-0.4, -0.2) is 27.5 Å². The smallest absolute Gasteiger partial charge is 0.272 e. The predicted octanol–water partition coefficient (Wildman–Crippen LogP) is 4.99. The highest BCUT2D eigenvalue weighted by molar-refractivity contribution is 7.10. The lowest BCUT2D eigenvalue weighted by molar-refractivity contribution is 0.0692. The van der Waals surface area contributed by atoms with Crippen molar-refractivity contribution < 1.29 is 4.79 Å². The van der Waals surface area contributed by atoms with Gasteiger partial charge in [0.15, 0.2) is 0 Å². The summed E-state index contributed by atoms with van der Waals surface area (Å²) in [5.41, 5.74) is 3.58. The number of carbonyl (C=O) groups excluding carboxylic acids is 1. The summed E-state index contributed by atoms with van der Waals surface area (Å²) in [6, 6.07) is 18.1. The summed E-state index contributed by atoms with van der Waals surface area (Å²) < 4.78 is 0. The third-order valence-electron chi connectivity index (χ3n) is 4.92. The van der Waals surface area contributed by atoms with E-state index in [0.29, 0.717) is 12.2 Å². The Morgan fingerprint density at radius 3 is 2.78 bits per heavy atom. The van der Waals surface area contributed by atoms with Crippen molar-refractivity contribution in [2.45, 2.75) is 12.5 Å². The molecule has 0 spiro atoms. The number of nitrogens with zero attached hydrogens (tertiary/aromatic N) is 2. The Morgan fingerprint density at radius 1 is 1.07 bits per heavy atom. The maximum absolute atomic E-state index is 13.3. The first-order chi connectivity index (χ1) is 13.3. The highest BCUT2D eigenvalue weighted by Crippen LogP contribution is 2.40. The molecule has 4 aromatic rings. The quantitative estimate of drug-likeness (QED) is 0.535. The molecule has 6 heteroatoms. The third kappa shape index (κ3) is 2.91. The molecule has 1 aliphatic rings. The zero-order valence-electron chi connectivity index (χ0n) is 14.5. The van der Waals surface area contributed by atoms with E-state index in [-0.39, 0.29) is 11.9 Å². The summed E-state index contributed by atoms with van der Waals surface area (Å²) in [6.45, 7) is 0.717. The second-order valence-corrected chi connectivity index (χ2v) is 8.48. The molecule has 0 saturated carbocycles. The lowest BCUT2D eigenvalue weighted by Gasteiger charge is -2.35. The van der Waals surface area contributed by atoms with Crippen LogP contribution in [-0.2, 0) is 6.42 Å². The Balaban J connectivity index is 1.50. The van der Waals surface area contributed by atoms with E-state index in [0.717, 1.165) is 17.7 Å². The van der Waals surface area contributed by atoms with Gasteiger partial charge in [-0.25, -0.2) is 0 Å². The standard InChI is InChI=1S/C21H17N3OS2/c25-21(17-13-16(22-23-17)14-5-2-1-3-6-14)24-10-8-18-15(9-12-27-18)20(24)19-7-4-11-26-19/h1-7,9,11-13,20H,8,10H2,(H,22,23)/t20-/m1/s1. The Morgan fingerprint density at radius 2 is 1.96 bits per heavy atom. The Labute approximate surface area is 165 Å². The normalized spacial score (nSPS) is 16.3. The fourth-order valence-electron chi connectivity index (χ4n) is 3.63. The summed E-state index contributed by atoms with van der Waals surface area (Å²) >= 11 is 3.48. The van der Waals surface area contributed by atoms with Gasteiger partial charge >= 0.3 is 0 Å².